The van der Waals surface area contributed by atoms with E-state index in [4.69, 9.17) is 0 Å². The van der Waals surface area contributed by atoms with E-state index in [0.29, 0.717) is 0 Å². The third-order valence-electron chi connectivity index (χ3n) is 6.12. The molecule has 0 fully saturated rings. The van der Waals surface area contributed by atoms with Gasteiger partial charge in [0.05, 0.1) is 0 Å². The first-order valence-electron chi connectivity index (χ1n) is 9.92. The maximum Gasteiger partial charge on any atom is -0.000682 e. The quantitative estimate of drug-likeness (QED) is 0.285. The molecule has 0 saturated heterocycles. The molecular formula is C28H20. The highest BCUT2D eigenvalue weighted by atomic mass is 14.3. The van der Waals surface area contributed by atoms with Gasteiger partial charge in [0.15, 0.2) is 0 Å². The second-order valence-corrected chi connectivity index (χ2v) is 7.87. The van der Waals surface area contributed by atoms with Crippen molar-refractivity contribution in [3.63, 3.8) is 0 Å². The first-order chi connectivity index (χ1) is 13.8. The summed E-state index contributed by atoms with van der Waals surface area (Å²) in [6.07, 6.45) is 1.00. The summed E-state index contributed by atoms with van der Waals surface area (Å²) in [4.78, 5) is 0. The van der Waals surface area contributed by atoms with E-state index in [1.807, 2.05) is 0 Å². The zero-order chi connectivity index (χ0) is 18.7. The number of fused-ring (bicyclic) bond motifs is 7. The highest BCUT2D eigenvalue weighted by molar-refractivity contribution is 6.12. The van der Waals surface area contributed by atoms with Gasteiger partial charge in [-0.2, -0.15) is 0 Å². The Bertz CT molecular complexity index is 1390. The van der Waals surface area contributed by atoms with Crippen molar-refractivity contribution in [3.8, 4) is 22.3 Å². The highest BCUT2D eigenvalue weighted by Crippen LogP contribution is 2.48. The molecule has 28 heavy (non-hydrogen) atoms. The smallest absolute Gasteiger partial charge is 0.000682 e. The lowest BCUT2D eigenvalue weighted by molar-refractivity contribution is 1.27. The van der Waals surface area contributed by atoms with E-state index in [-0.39, 0.29) is 0 Å². The summed E-state index contributed by atoms with van der Waals surface area (Å²) in [5.74, 6) is 0. The third-order valence-corrected chi connectivity index (χ3v) is 6.12. The van der Waals surface area contributed by atoms with Gasteiger partial charge in [0.25, 0.3) is 0 Å². The van der Waals surface area contributed by atoms with E-state index < -0.39 is 0 Å². The lowest BCUT2D eigenvalue weighted by Gasteiger charge is -2.14. The summed E-state index contributed by atoms with van der Waals surface area (Å²) in [5.41, 5.74) is 9.77. The molecule has 5 aromatic carbocycles. The minimum atomic E-state index is 1.00. The van der Waals surface area contributed by atoms with Gasteiger partial charge in [-0.15, -0.1) is 0 Å². The average molecular weight is 356 g/mol. The monoisotopic (exact) mass is 356 g/mol. The van der Waals surface area contributed by atoms with Gasteiger partial charge in [0.1, 0.15) is 0 Å². The van der Waals surface area contributed by atoms with Gasteiger partial charge < -0.3 is 0 Å². The van der Waals surface area contributed by atoms with Crippen LogP contribution in [-0.4, -0.2) is 0 Å². The largest absolute Gasteiger partial charge is 0.0616 e. The maximum atomic E-state index is 2.39. The number of aryl methyl sites for hydroxylation is 1. The van der Waals surface area contributed by atoms with Crippen molar-refractivity contribution in [1.29, 1.82) is 0 Å². The van der Waals surface area contributed by atoms with Gasteiger partial charge in [-0.3, -0.25) is 0 Å². The van der Waals surface area contributed by atoms with E-state index in [1.165, 1.54) is 60.5 Å². The van der Waals surface area contributed by atoms with Gasteiger partial charge in [-0.25, -0.2) is 0 Å². The summed E-state index contributed by atoms with van der Waals surface area (Å²) in [6.45, 7) is 2.17. The molecule has 1 aliphatic rings. The Kier molecular flexibility index (Phi) is 3.25. The molecule has 0 spiro atoms. The highest BCUT2D eigenvalue weighted by Gasteiger charge is 2.26. The minimum absolute atomic E-state index is 1.00. The molecule has 0 unspecified atom stereocenters. The Morgan fingerprint density at radius 1 is 0.607 bits per heavy atom. The van der Waals surface area contributed by atoms with Crippen molar-refractivity contribution >= 4 is 21.5 Å². The van der Waals surface area contributed by atoms with Crippen LogP contribution >= 0.6 is 0 Å². The molecule has 1 aliphatic carbocycles. The van der Waals surface area contributed by atoms with Gasteiger partial charge in [-0.1, -0.05) is 90.5 Å². The predicted molar refractivity (Wildman–Crippen MR) is 120 cm³/mol. The Balaban J connectivity index is 1.78. The van der Waals surface area contributed by atoms with Gasteiger partial charge in [-0.05, 0) is 74.3 Å². The van der Waals surface area contributed by atoms with Crippen LogP contribution in [0, 0.1) is 6.92 Å². The molecule has 0 heteroatoms. The van der Waals surface area contributed by atoms with E-state index in [9.17, 15) is 0 Å². The van der Waals surface area contributed by atoms with Crippen LogP contribution < -0.4 is 0 Å². The Morgan fingerprint density at radius 2 is 1.36 bits per heavy atom. The van der Waals surface area contributed by atoms with Gasteiger partial charge in [0, 0.05) is 0 Å². The molecule has 0 N–H and O–H groups in total. The summed E-state index contributed by atoms with van der Waals surface area (Å²) >= 11 is 0. The van der Waals surface area contributed by atoms with Gasteiger partial charge >= 0.3 is 0 Å². The molecule has 0 atom stereocenters. The first-order valence-corrected chi connectivity index (χ1v) is 9.92. The van der Waals surface area contributed by atoms with Crippen molar-refractivity contribution in [2.75, 3.05) is 0 Å². The van der Waals surface area contributed by atoms with Crippen LogP contribution in [0.5, 0.6) is 0 Å². The standard InChI is InChI=1S/C28H20/c1-18-7-6-10-20(15-18)25-16-21-9-3-5-12-24(21)28-26(25)17-22-14-13-19-8-2-4-11-23(19)27(22)28/h2-16H,17H2,1H3. The Labute approximate surface area is 165 Å². The molecule has 0 amide bonds. The van der Waals surface area contributed by atoms with Crippen molar-refractivity contribution in [2.24, 2.45) is 0 Å². The lowest BCUT2D eigenvalue weighted by Crippen LogP contribution is -1.90. The second kappa shape index (κ2) is 5.81. The normalized spacial score (nSPS) is 12.3. The molecule has 0 saturated carbocycles. The molecule has 132 valence electrons. The first kappa shape index (κ1) is 15.7. The number of benzene rings is 5. The summed E-state index contributed by atoms with van der Waals surface area (Å²) in [5, 5.41) is 5.37. The molecule has 0 nitrogen and oxygen atoms in total. The lowest BCUT2D eigenvalue weighted by atomic mass is 9.89. The molecular weight excluding hydrogens is 336 g/mol. The molecule has 0 bridgehead atoms. The van der Waals surface area contributed by atoms with Crippen molar-refractivity contribution in [2.45, 2.75) is 13.3 Å². The number of hydrogen-bond acceptors (Lipinski definition) is 0. The molecule has 6 rings (SSSR count). The van der Waals surface area contributed by atoms with Crippen LogP contribution in [0.25, 0.3) is 43.8 Å². The molecule has 0 aliphatic heterocycles. The van der Waals surface area contributed by atoms with Crippen LogP contribution in [0.2, 0.25) is 0 Å². The third kappa shape index (κ3) is 2.18. The van der Waals surface area contributed by atoms with Gasteiger partial charge in [0.2, 0.25) is 0 Å². The van der Waals surface area contributed by atoms with Crippen LogP contribution in [0.3, 0.4) is 0 Å². The topological polar surface area (TPSA) is 0 Å². The molecule has 5 aromatic rings. The van der Waals surface area contributed by atoms with Crippen molar-refractivity contribution in [3.05, 3.63) is 108 Å². The van der Waals surface area contributed by atoms with E-state index in [1.54, 1.807) is 0 Å². The maximum absolute atomic E-state index is 2.39. The van der Waals surface area contributed by atoms with Crippen molar-refractivity contribution < 1.29 is 0 Å². The molecule has 0 heterocycles. The predicted octanol–water partition coefficient (Wildman–Crippen LogP) is 7.54. The average Bonchev–Trinajstić information content (AvgIpc) is 3.13. The number of rotatable bonds is 1. The minimum Gasteiger partial charge on any atom is -0.0616 e. The SMILES string of the molecule is Cc1cccc(-c2cc3ccccc3c3c2Cc2ccc4ccccc4c2-3)c1. The Hall–Kier alpha value is -3.38. The fourth-order valence-corrected chi connectivity index (χ4v) is 4.88. The van der Waals surface area contributed by atoms with Crippen LogP contribution in [-0.2, 0) is 6.42 Å². The second-order valence-electron chi connectivity index (χ2n) is 7.87. The number of hydrogen-bond donors (Lipinski definition) is 0. The summed E-state index contributed by atoms with van der Waals surface area (Å²) < 4.78 is 0. The zero-order valence-corrected chi connectivity index (χ0v) is 15.9. The molecule has 0 radical (unpaired) electrons. The summed E-state index contributed by atoms with van der Waals surface area (Å²) in [7, 11) is 0. The Morgan fingerprint density at radius 3 is 2.18 bits per heavy atom. The van der Waals surface area contributed by atoms with Crippen LogP contribution in [0.1, 0.15) is 16.7 Å². The molecule has 0 aromatic heterocycles. The van der Waals surface area contributed by atoms with E-state index >= 15 is 0 Å². The fraction of sp³-hybridized carbons (Fsp3) is 0.0714. The van der Waals surface area contributed by atoms with Crippen molar-refractivity contribution in [1.82, 2.24) is 0 Å². The van der Waals surface area contributed by atoms with E-state index in [2.05, 4.69) is 97.9 Å². The van der Waals surface area contributed by atoms with E-state index in [0.717, 1.165) is 6.42 Å². The van der Waals surface area contributed by atoms with Crippen LogP contribution in [0.4, 0.5) is 0 Å². The zero-order valence-electron chi connectivity index (χ0n) is 15.9. The fourth-order valence-electron chi connectivity index (χ4n) is 4.88. The summed E-state index contributed by atoms with van der Waals surface area (Å²) in [6, 6.07) is 33.5. The van der Waals surface area contributed by atoms with Crippen LogP contribution in [0.15, 0.2) is 91.0 Å².